The van der Waals surface area contributed by atoms with E-state index in [-0.39, 0.29) is 18.4 Å². The number of azide groups is 1. The standard InChI is InChI=1S/C12H10Br2N4O2/c13-9-2-8(6-19)12(10(14)3-9)18-5-7(1-11(18)20)4-16-17-15/h2-3,6-7H,1,4-5H2. The topological polar surface area (TPSA) is 86.1 Å². The molecular formula is C12H10Br2N4O2. The maximum absolute atomic E-state index is 12.1. The molecule has 1 aromatic carbocycles. The van der Waals surface area contributed by atoms with E-state index in [9.17, 15) is 9.59 Å². The molecule has 1 aromatic rings. The average molecular weight is 402 g/mol. The van der Waals surface area contributed by atoms with Crippen LogP contribution in [0, 0.1) is 5.92 Å². The Morgan fingerprint density at radius 2 is 2.25 bits per heavy atom. The zero-order valence-corrected chi connectivity index (χ0v) is 13.5. The van der Waals surface area contributed by atoms with Crippen molar-refractivity contribution in [1.29, 1.82) is 0 Å². The molecule has 104 valence electrons. The van der Waals surface area contributed by atoms with Gasteiger partial charge in [0.1, 0.15) is 0 Å². The van der Waals surface area contributed by atoms with Crippen molar-refractivity contribution in [1.82, 2.24) is 0 Å². The quantitative estimate of drug-likeness (QED) is 0.333. The van der Waals surface area contributed by atoms with Crippen LogP contribution in [0.5, 0.6) is 0 Å². The molecule has 1 unspecified atom stereocenters. The molecule has 1 atom stereocenters. The SMILES string of the molecule is [N-]=[N+]=NCC1CC(=O)N(c2c(Br)cc(Br)cc2C=O)C1. The molecule has 1 aliphatic heterocycles. The van der Waals surface area contributed by atoms with Gasteiger partial charge in [-0.2, -0.15) is 0 Å². The van der Waals surface area contributed by atoms with Crippen LogP contribution < -0.4 is 4.90 Å². The number of benzene rings is 1. The first-order valence-electron chi connectivity index (χ1n) is 5.82. The molecule has 1 heterocycles. The molecule has 20 heavy (non-hydrogen) atoms. The number of rotatable bonds is 4. The van der Waals surface area contributed by atoms with Gasteiger partial charge in [-0.15, -0.1) is 0 Å². The van der Waals surface area contributed by atoms with E-state index < -0.39 is 0 Å². The number of aldehydes is 1. The minimum Gasteiger partial charge on any atom is -0.310 e. The largest absolute Gasteiger partial charge is 0.310 e. The Balaban J connectivity index is 2.34. The van der Waals surface area contributed by atoms with Gasteiger partial charge in [0.15, 0.2) is 6.29 Å². The third kappa shape index (κ3) is 3.03. The van der Waals surface area contributed by atoms with Crippen LogP contribution in [-0.4, -0.2) is 25.3 Å². The van der Waals surface area contributed by atoms with E-state index >= 15 is 0 Å². The first kappa shape index (κ1) is 15.0. The van der Waals surface area contributed by atoms with Crippen LogP contribution in [0.3, 0.4) is 0 Å². The van der Waals surface area contributed by atoms with Gasteiger partial charge in [-0.1, -0.05) is 21.0 Å². The van der Waals surface area contributed by atoms with Crippen molar-refractivity contribution < 1.29 is 9.59 Å². The third-order valence-corrected chi connectivity index (χ3v) is 4.13. The summed E-state index contributed by atoms with van der Waals surface area (Å²) >= 11 is 6.69. The highest BCUT2D eigenvalue weighted by Gasteiger charge is 2.32. The molecule has 1 aliphatic rings. The number of nitrogens with zero attached hydrogens (tertiary/aromatic N) is 4. The van der Waals surface area contributed by atoms with Crippen molar-refractivity contribution in [3.05, 3.63) is 37.1 Å². The van der Waals surface area contributed by atoms with Crippen molar-refractivity contribution in [3.63, 3.8) is 0 Å². The first-order valence-corrected chi connectivity index (χ1v) is 7.41. The highest BCUT2D eigenvalue weighted by Crippen LogP contribution is 2.36. The Hall–Kier alpha value is -1.37. The van der Waals surface area contributed by atoms with Crippen LogP contribution in [0.25, 0.3) is 10.4 Å². The summed E-state index contributed by atoms with van der Waals surface area (Å²) in [7, 11) is 0. The molecule has 1 fully saturated rings. The molecule has 2 rings (SSSR count). The van der Waals surface area contributed by atoms with Gasteiger partial charge in [0, 0.05) is 38.9 Å². The van der Waals surface area contributed by atoms with E-state index in [0.29, 0.717) is 28.7 Å². The Labute approximate surface area is 132 Å². The highest BCUT2D eigenvalue weighted by molar-refractivity contribution is 9.11. The Bertz CT molecular complexity index is 614. The molecule has 0 saturated carbocycles. The van der Waals surface area contributed by atoms with Crippen molar-refractivity contribution in [2.24, 2.45) is 11.0 Å². The molecule has 0 aliphatic carbocycles. The van der Waals surface area contributed by atoms with E-state index in [4.69, 9.17) is 5.53 Å². The Kier molecular flexibility index (Phi) is 4.80. The number of halogens is 2. The lowest BCUT2D eigenvalue weighted by Crippen LogP contribution is -2.26. The smallest absolute Gasteiger partial charge is 0.227 e. The van der Waals surface area contributed by atoms with Gasteiger partial charge in [-0.05, 0) is 39.5 Å². The predicted octanol–water partition coefficient (Wildman–Crippen LogP) is 3.69. The fourth-order valence-electron chi connectivity index (χ4n) is 2.23. The molecule has 1 amide bonds. The van der Waals surface area contributed by atoms with Gasteiger partial charge in [0.05, 0.1) is 5.69 Å². The van der Waals surface area contributed by atoms with E-state index in [1.165, 1.54) is 0 Å². The predicted molar refractivity (Wildman–Crippen MR) is 81.7 cm³/mol. The lowest BCUT2D eigenvalue weighted by atomic mass is 10.1. The summed E-state index contributed by atoms with van der Waals surface area (Å²) in [6.07, 6.45) is 1.04. The average Bonchev–Trinajstić information content (AvgIpc) is 2.76. The summed E-state index contributed by atoms with van der Waals surface area (Å²) in [5.41, 5.74) is 9.33. The Morgan fingerprint density at radius 1 is 1.50 bits per heavy atom. The van der Waals surface area contributed by atoms with Gasteiger partial charge in [-0.25, -0.2) is 0 Å². The minimum absolute atomic E-state index is 0.0200. The first-order chi connectivity index (χ1) is 9.56. The normalized spacial score (nSPS) is 18.0. The summed E-state index contributed by atoms with van der Waals surface area (Å²) in [5.74, 6) is -0.0947. The molecule has 0 bridgehead atoms. The Morgan fingerprint density at radius 3 is 2.90 bits per heavy atom. The second-order valence-electron chi connectivity index (χ2n) is 4.43. The van der Waals surface area contributed by atoms with Crippen molar-refractivity contribution in [2.75, 3.05) is 18.0 Å². The summed E-state index contributed by atoms with van der Waals surface area (Å²) in [4.78, 5) is 27.6. The van der Waals surface area contributed by atoms with Crippen molar-refractivity contribution >= 4 is 49.7 Å². The summed E-state index contributed by atoms with van der Waals surface area (Å²) in [6, 6.07) is 3.46. The second kappa shape index (κ2) is 6.39. The highest BCUT2D eigenvalue weighted by atomic mass is 79.9. The van der Waals surface area contributed by atoms with Crippen LogP contribution in [-0.2, 0) is 4.79 Å². The molecule has 0 radical (unpaired) electrons. The maximum Gasteiger partial charge on any atom is 0.227 e. The molecule has 8 heteroatoms. The molecule has 0 N–H and O–H groups in total. The van der Waals surface area contributed by atoms with Crippen LogP contribution in [0.4, 0.5) is 5.69 Å². The van der Waals surface area contributed by atoms with E-state index in [1.54, 1.807) is 17.0 Å². The second-order valence-corrected chi connectivity index (χ2v) is 6.20. The van der Waals surface area contributed by atoms with Crippen molar-refractivity contribution in [2.45, 2.75) is 6.42 Å². The number of hydrogen-bond donors (Lipinski definition) is 0. The monoisotopic (exact) mass is 400 g/mol. The fourth-order valence-corrected chi connectivity index (χ4v) is 3.70. The van der Waals surface area contributed by atoms with Gasteiger partial charge < -0.3 is 4.90 Å². The van der Waals surface area contributed by atoms with Crippen LogP contribution >= 0.6 is 31.9 Å². The number of carbonyl (C=O) groups excluding carboxylic acids is 2. The van der Waals surface area contributed by atoms with Gasteiger partial charge in [-0.3, -0.25) is 9.59 Å². The van der Waals surface area contributed by atoms with E-state index in [2.05, 4.69) is 41.9 Å². The van der Waals surface area contributed by atoms with E-state index in [0.717, 1.165) is 10.8 Å². The lowest BCUT2D eigenvalue weighted by Gasteiger charge is -2.20. The zero-order valence-electron chi connectivity index (χ0n) is 10.3. The van der Waals surface area contributed by atoms with Crippen LogP contribution in [0.15, 0.2) is 26.2 Å². The number of carbonyl (C=O) groups is 2. The lowest BCUT2D eigenvalue weighted by molar-refractivity contribution is -0.117. The van der Waals surface area contributed by atoms with Crippen molar-refractivity contribution in [3.8, 4) is 0 Å². The summed E-state index contributed by atoms with van der Waals surface area (Å²) in [5, 5.41) is 3.51. The molecular weight excluding hydrogens is 392 g/mol. The third-order valence-electron chi connectivity index (χ3n) is 3.06. The van der Waals surface area contributed by atoms with Crippen LogP contribution in [0.1, 0.15) is 16.8 Å². The summed E-state index contributed by atoms with van der Waals surface area (Å²) in [6.45, 7) is 0.724. The molecule has 0 aromatic heterocycles. The molecule has 6 nitrogen and oxygen atoms in total. The van der Waals surface area contributed by atoms with Crippen LogP contribution in [0.2, 0.25) is 0 Å². The fraction of sp³-hybridized carbons (Fsp3) is 0.333. The maximum atomic E-state index is 12.1. The zero-order chi connectivity index (χ0) is 14.7. The van der Waals surface area contributed by atoms with E-state index in [1.807, 2.05) is 0 Å². The minimum atomic E-state index is -0.0748. The van der Waals surface area contributed by atoms with Gasteiger partial charge in [0.2, 0.25) is 5.91 Å². The molecule has 1 saturated heterocycles. The van der Waals surface area contributed by atoms with Gasteiger partial charge in [0.25, 0.3) is 0 Å². The molecule has 0 spiro atoms. The number of hydrogen-bond acceptors (Lipinski definition) is 3. The van der Waals surface area contributed by atoms with Gasteiger partial charge >= 0.3 is 0 Å². The number of amides is 1. The summed E-state index contributed by atoms with van der Waals surface area (Å²) < 4.78 is 1.43. The number of anilines is 1.